The summed E-state index contributed by atoms with van der Waals surface area (Å²) >= 11 is 0. The number of nitrogens with one attached hydrogen (secondary N) is 3. The number of para-hydroxylation sites is 1. The van der Waals surface area contributed by atoms with E-state index in [2.05, 4.69) is 16.0 Å². The standard InChI is InChI=1S/C22H27N3O5/c1-14(2)24-22(28)18-7-5-6-8-19(18)25-20(26)9-10-23-21(27)15-11-16(29-3)13-17(12-15)30-4/h5-8,11-14H,9-10H2,1-4H3,(H,23,27)(H,24,28)(H,25,26). The summed E-state index contributed by atoms with van der Waals surface area (Å²) in [5.74, 6) is 0.0586. The lowest BCUT2D eigenvalue weighted by Crippen LogP contribution is -2.31. The first kappa shape index (κ1) is 22.7. The Kier molecular flexibility index (Phi) is 8.22. The van der Waals surface area contributed by atoms with Gasteiger partial charge < -0.3 is 25.4 Å². The molecule has 0 saturated carbocycles. The van der Waals surface area contributed by atoms with E-state index in [1.54, 1.807) is 42.5 Å². The molecule has 0 aromatic heterocycles. The van der Waals surface area contributed by atoms with Gasteiger partial charge in [-0.2, -0.15) is 0 Å². The molecule has 8 heteroatoms. The Hall–Kier alpha value is -3.55. The van der Waals surface area contributed by atoms with Crippen molar-refractivity contribution in [2.75, 3.05) is 26.1 Å². The largest absolute Gasteiger partial charge is 0.497 e. The number of hydrogen-bond acceptors (Lipinski definition) is 5. The number of carbonyl (C=O) groups is 3. The second-order valence-corrected chi connectivity index (χ2v) is 6.83. The first-order valence-corrected chi connectivity index (χ1v) is 9.55. The number of anilines is 1. The summed E-state index contributed by atoms with van der Waals surface area (Å²) in [6.07, 6.45) is 0.0486. The van der Waals surface area contributed by atoms with E-state index >= 15 is 0 Å². The molecular formula is C22H27N3O5. The topological polar surface area (TPSA) is 106 Å². The first-order valence-electron chi connectivity index (χ1n) is 9.55. The summed E-state index contributed by atoms with van der Waals surface area (Å²) in [7, 11) is 3.00. The third-order valence-electron chi connectivity index (χ3n) is 4.12. The molecule has 0 radical (unpaired) electrons. The van der Waals surface area contributed by atoms with Crippen LogP contribution in [0.25, 0.3) is 0 Å². The van der Waals surface area contributed by atoms with Gasteiger partial charge in [0.1, 0.15) is 11.5 Å². The summed E-state index contributed by atoms with van der Waals surface area (Å²) in [6, 6.07) is 11.6. The summed E-state index contributed by atoms with van der Waals surface area (Å²) in [6.45, 7) is 3.85. The van der Waals surface area contributed by atoms with E-state index in [0.717, 1.165) is 0 Å². The van der Waals surface area contributed by atoms with Crippen LogP contribution in [0.1, 0.15) is 41.0 Å². The molecule has 0 aliphatic rings. The third kappa shape index (κ3) is 6.51. The monoisotopic (exact) mass is 413 g/mol. The Morgan fingerprint density at radius 2 is 1.57 bits per heavy atom. The molecule has 3 N–H and O–H groups in total. The lowest BCUT2D eigenvalue weighted by atomic mass is 10.1. The maximum absolute atomic E-state index is 12.4. The van der Waals surface area contributed by atoms with Crippen molar-refractivity contribution in [1.82, 2.24) is 10.6 Å². The van der Waals surface area contributed by atoms with Crippen LogP contribution in [0.5, 0.6) is 11.5 Å². The average Bonchev–Trinajstić information content (AvgIpc) is 2.73. The fourth-order valence-electron chi connectivity index (χ4n) is 2.67. The smallest absolute Gasteiger partial charge is 0.253 e. The molecule has 0 aliphatic carbocycles. The number of amides is 3. The Bertz CT molecular complexity index is 889. The summed E-state index contributed by atoms with van der Waals surface area (Å²) in [4.78, 5) is 36.9. The minimum atomic E-state index is -0.350. The molecule has 0 bridgehead atoms. The van der Waals surface area contributed by atoms with Crippen LogP contribution in [0.3, 0.4) is 0 Å². The van der Waals surface area contributed by atoms with Gasteiger partial charge in [0.05, 0.1) is 25.5 Å². The van der Waals surface area contributed by atoms with Crippen LogP contribution < -0.4 is 25.4 Å². The van der Waals surface area contributed by atoms with Gasteiger partial charge in [-0.1, -0.05) is 12.1 Å². The molecule has 30 heavy (non-hydrogen) atoms. The van der Waals surface area contributed by atoms with Crippen molar-refractivity contribution < 1.29 is 23.9 Å². The summed E-state index contributed by atoms with van der Waals surface area (Å²) < 4.78 is 10.3. The predicted octanol–water partition coefficient (Wildman–Crippen LogP) is 2.60. The zero-order chi connectivity index (χ0) is 22.1. The van der Waals surface area contributed by atoms with E-state index in [9.17, 15) is 14.4 Å². The number of methoxy groups -OCH3 is 2. The van der Waals surface area contributed by atoms with Crippen molar-refractivity contribution in [3.8, 4) is 11.5 Å². The molecule has 160 valence electrons. The molecule has 8 nitrogen and oxygen atoms in total. The quantitative estimate of drug-likeness (QED) is 0.586. The van der Waals surface area contributed by atoms with Crippen molar-refractivity contribution in [3.05, 3.63) is 53.6 Å². The van der Waals surface area contributed by atoms with Gasteiger partial charge in [0.15, 0.2) is 0 Å². The number of ether oxygens (including phenoxy) is 2. The fourth-order valence-corrected chi connectivity index (χ4v) is 2.67. The van der Waals surface area contributed by atoms with Gasteiger partial charge in [0.25, 0.3) is 11.8 Å². The first-order chi connectivity index (χ1) is 14.3. The van der Waals surface area contributed by atoms with E-state index in [0.29, 0.717) is 28.3 Å². The van der Waals surface area contributed by atoms with E-state index in [-0.39, 0.29) is 36.7 Å². The van der Waals surface area contributed by atoms with E-state index in [1.807, 2.05) is 13.8 Å². The van der Waals surface area contributed by atoms with Crippen molar-refractivity contribution in [3.63, 3.8) is 0 Å². The van der Waals surface area contributed by atoms with Gasteiger partial charge in [-0.15, -0.1) is 0 Å². The maximum Gasteiger partial charge on any atom is 0.253 e. The van der Waals surface area contributed by atoms with Gasteiger partial charge >= 0.3 is 0 Å². The lowest BCUT2D eigenvalue weighted by molar-refractivity contribution is -0.116. The van der Waals surface area contributed by atoms with Crippen LogP contribution in [0, 0.1) is 0 Å². The molecule has 0 saturated heterocycles. The maximum atomic E-state index is 12.4. The van der Waals surface area contributed by atoms with Gasteiger partial charge in [-0.3, -0.25) is 14.4 Å². The second kappa shape index (κ2) is 10.8. The van der Waals surface area contributed by atoms with Crippen molar-refractivity contribution in [2.45, 2.75) is 26.3 Å². The van der Waals surface area contributed by atoms with Crippen LogP contribution in [0.2, 0.25) is 0 Å². The molecule has 0 spiro atoms. The molecule has 2 aromatic carbocycles. The molecule has 3 amide bonds. The van der Waals surface area contributed by atoms with E-state index in [1.165, 1.54) is 14.2 Å². The van der Waals surface area contributed by atoms with Crippen molar-refractivity contribution in [2.24, 2.45) is 0 Å². The molecule has 0 atom stereocenters. The zero-order valence-electron chi connectivity index (χ0n) is 17.6. The number of carbonyl (C=O) groups excluding carboxylic acids is 3. The Balaban J connectivity index is 1.93. The average molecular weight is 413 g/mol. The Labute approximate surface area is 175 Å². The number of hydrogen-bond donors (Lipinski definition) is 3. The van der Waals surface area contributed by atoms with Crippen LogP contribution >= 0.6 is 0 Å². The van der Waals surface area contributed by atoms with Crippen molar-refractivity contribution >= 4 is 23.4 Å². The minimum absolute atomic E-state index is 0.0216. The number of benzene rings is 2. The Morgan fingerprint density at radius 3 is 2.17 bits per heavy atom. The highest BCUT2D eigenvalue weighted by molar-refractivity contribution is 6.04. The number of rotatable bonds is 9. The molecule has 2 rings (SSSR count). The van der Waals surface area contributed by atoms with Gasteiger partial charge in [0.2, 0.25) is 5.91 Å². The van der Waals surface area contributed by atoms with Crippen LogP contribution in [-0.4, -0.2) is 44.5 Å². The highest BCUT2D eigenvalue weighted by Gasteiger charge is 2.14. The molecule has 0 unspecified atom stereocenters. The van der Waals surface area contributed by atoms with Crippen LogP contribution in [0.15, 0.2) is 42.5 Å². The lowest BCUT2D eigenvalue weighted by Gasteiger charge is -2.13. The van der Waals surface area contributed by atoms with E-state index < -0.39 is 0 Å². The zero-order valence-corrected chi connectivity index (χ0v) is 17.6. The van der Waals surface area contributed by atoms with Crippen LogP contribution in [-0.2, 0) is 4.79 Å². The molecule has 0 heterocycles. The fraction of sp³-hybridized carbons (Fsp3) is 0.318. The third-order valence-corrected chi connectivity index (χ3v) is 4.12. The summed E-state index contributed by atoms with van der Waals surface area (Å²) in [5.41, 5.74) is 1.17. The second-order valence-electron chi connectivity index (χ2n) is 6.83. The molecule has 0 aliphatic heterocycles. The predicted molar refractivity (Wildman–Crippen MR) is 114 cm³/mol. The van der Waals surface area contributed by atoms with Gasteiger partial charge in [0, 0.05) is 30.6 Å². The summed E-state index contributed by atoms with van der Waals surface area (Å²) in [5, 5.41) is 8.22. The molecule has 2 aromatic rings. The Morgan fingerprint density at radius 1 is 0.933 bits per heavy atom. The minimum Gasteiger partial charge on any atom is -0.497 e. The van der Waals surface area contributed by atoms with Gasteiger partial charge in [-0.25, -0.2) is 0 Å². The van der Waals surface area contributed by atoms with Crippen LogP contribution in [0.4, 0.5) is 5.69 Å². The molecule has 0 fully saturated rings. The van der Waals surface area contributed by atoms with Gasteiger partial charge in [-0.05, 0) is 38.1 Å². The highest BCUT2D eigenvalue weighted by atomic mass is 16.5. The molecular weight excluding hydrogens is 386 g/mol. The van der Waals surface area contributed by atoms with E-state index in [4.69, 9.17) is 9.47 Å². The normalized spacial score (nSPS) is 10.3. The van der Waals surface area contributed by atoms with Crippen molar-refractivity contribution in [1.29, 1.82) is 0 Å². The highest BCUT2D eigenvalue weighted by Crippen LogP contribution is 2.22. The SMILES string of the molecule is COc1cc(OC)cc(C(=O)NCCC(=O)Nc2ccccc2C(=O)NC(C)C)c1.